The van der Waals surface area contributed by atoms with E-state index in [2.05, 4.69) is 270 Å². The van der Waals surface area contributed by atoms with Crippen LogP contribution in [-0.4, -0.2) is 6.71 Å². The number of hydrogen-bond donors (Lipinski definition) is 0. The van der Waals surface area contributed by atoms with E-state index in [1.807, 2.05) is 0 Å². The first kappa shape index (κ1) is 51.4. The van der Waals surface area contributed by atoms with Gasteiger partial charge in [-0.1, -0.05) is 165 Å². The van der Waals surface area contributed by atoms with Gasteiger partial charge in [-0.05, 0) is 212 Å². The van der Waals surface area contributed by atoms with Gasteiger partial charge >= 0.3 is 0 Å². The first-order chi connectivity index (χ1) is 36.7. The summed E-state index contributed by atoms with van der Waals surface area (Å²) >= 11 is 2.07. The second-order valence-electron chi connectivity index (χ2n) is 29.5. The van der Waals surface area contributed by atoms with Gasteiger partial charge in [-0.15, -0.1) is 11.3 Å². The van der Waals surface area contributed by atoms with Gasteiger partial charge in [0, 0.05) is 54.7 Å². The Hall–Kier alpha value is -6.04. The van der Waals surface area contributed by atoms with E-state index in [1.54, 1.807) is 0 Å². The van der Waals surface area contributed by atoms with E-state index in [-0.39, 0.29) is 44.6 Å². The van der Waals surface area contributed by atoms with Crippen LogP contribution in [0.25, 0.3) is 10.1 Å². The monoisotopic (exact) mass is 1040 g/mol. The molecule has 8 aromatic rings. The summed E-state index contributed by atoms with van der Waals surface area (Å²) in [4.78, 5) is 8.00. The zero-order valence-electron chi connectivity index (χ0n) is 49.8. The summed E-state index contributed by atoms with van der Waals surface area (Å²) in [7, 11) is 0. The summed E-state index contributed by atoms with van der Waals surface area (Å²) < 4.78 is 2.84. The Morgan fingerprint density at radius 1 is 0.449 bits per heavy atom. The van der Waals surface area contributed by atoms with Crippen LogP contribution in [0.2, 0.25) is 0 Å². The van der Waals surface area contributed by atoms with Gasteiger partial charge in [0.25, 0.3) is 6.71 Å². The van der Waals surface area contributed by atoms with Gasteiger partial charge in [0.15, 0.2) is 0 Å². The predicted octanol–water partition coefficient (Wildman–Crippen LogP) is 19.1. The molecule has 0 spiro atoms. The molecule has 0 fully saturated rings. The zero-order valence-corrected chi connectivity index (χ0v) is 50.6. The summed E-state index contributed by atoms with van der Waals surface area (Å²) in [6.45, 7) is 39.3. The molecular weight excluding hydrogens is 962 g/mol. The largest absolute Gasteiger partial charge is 0.311 e. The van der Waals surface area contributed by atoms with Crippen LogP contribution < -0.4 is 30.4 Å². The van der Waals surface area contributed by atoms with E-state index in [0.29, 0.717) is 0 Å². The number of fused-ring (bicyclic) bond motifs is 9. The molecule has 3 nitrogen and oxygen atoms in total. The second-order valence-corrected chi connectivity index (χ2v) is 30.5. The maximum Gasteiger partial charge on any atom is 0.264 e. The number of benzene rings is 7. The van der Waals surface area contributed by atoms with Gasteiger partial charge in [-0.2, -0.15) is 0 Å². The molecule has 1 aromatic heterocycles. The predicted molar refractivity (Wildman–Crippen MR) is 340 cm³/mol. The summed E-state index contributed by atoms with van der Waals surface area (Å²) in [5.41, 5.74) is 25.9. The third-order valence-corrected chi connectivity index (χ3v) is 21.5. The zero-order chi connectivity index (χ0) is 55.0. The second kappa shape index (κ2) is 17.0. The van der Waals surface area contributed by atoms with E-state index in [0.717, 1.165) is 29.9 Å². The lowest BCUT2D eigenvalue weighted by atomic mass is 9.36. The maximum atomic E-state index is 2.77. The smallest absolute Gasteiger partial charge is 0.264 e. The number of rotatable bonds is 5. The van der Waals surface area contributed by atoms with Crippen LogP contribution in [0.15, 0.2) is 133 Å². The average molecular weight is 1040 g/mol. The molecule has 2 aliphatic heterocycles. The SMILES string of the molecule is Cc1cc2c(cc1N1c3ccc(C(C)(C)C)cc3B3c4sc5cc6c(cc5c4N(c4ccc5c(c4)C(C)(C)CCC5(C)C)c4cc(N(c5ccccc5)c5ccccc5)cc1c43)C(C)(C)CCC6(C)C)C(C)(C)CCC2(C)C. The highest BCUT2D eigenvalue weighted by molar-refractivity contribution is 7.33. The molecule has 0 bridgehead atoms. The van der Waals surface area contributed by atoms with Crippen molar-refractivity contribution in [1.29, 1.82) is 0 Å². The summed E-state index contributed by atoms with van der Waals surface area (Å²) in [5.74, 6) is 0. The van der Waals surface area contributed by atoms with Gasteiger partial charge in [0.2, 0.25) is 0 Å². The molecule has 13 rings (SSSR count). The van der Waals surface area contributed by atoms with Crippen LogP contribution in [0.5, 0.6) is 0 Å². The molecule has 0 atom stereocenters. The fourth-order valence-electron chi connectivity index (χ4n) is 14.9. The highest BCUT2D eigenvalue weighted by atomic mass is 32.1. The topological polar surface area (TPSA) is 9.72 Å². The fourth-order valence-corrected chi connectivity index (χ4v) is 16.3. The molecule has 7 aromatic carbocycles. The lowest BCUT2D eigenvalue weighted by Crippen LogP contribution is -2.60. The van der Waals surface area contributed by atoms with Crippen molar-refractivity contribution in [2.24, 2.45) is 0 Å². The van der Waals surface area contributed by atoms with E-state index in [1.165, 1.54) is 130 Å². The third kappa shape index (κ3) is 7.77. The minimum Gasteiger partial charge on any atom is -0.311 e. The molecule has 0 N–H and O–H groups in total. The molecule has 398 valence electrons. The Bertz CT molecular complexity index is 3730. The molecule has 0 amide bonds. The Kier molecular flexibility index (Phi) is 11.2. The van der Waals surface area contributed by atoms with E-state index >= 15 is 0 Å². The van der Waals surface area contributed by atoms with Crippen LogP contribution in [0.1, 0.15) is 187 Å². The lowest BCUT2D eigenvalue weighted by molar-refractivity contribution is 0.332. The van der Waals surface area contributed by atoms with Crippen molar-refractivity contribution < 1.29 is 0 Å². The molecule has 5 heteroatoms. The van der Waals surface area contributed by atoms with Crippen LogP contribution in [0.4, 0.5) is 51.2 Å². The number of thiophene rings is 1. The average Bonchev–Trinajstić information content (AvgIpc) is 3.22. The first-order valence-corrected chi connectivity index (χ1v) is 30.2. The van der Waals surface area contributed by atoms with Gasteiger partial charge in [0.05, 0.1) is 11.4 Å². The van der Waals surface area contributed by atoms with Crippen molar-refractivity contribution in [3.05, 3.63) is 178 Å². The molecule has 5 aliphatic rings. The summed E-state index contributed by atoms with van der Waals surface area (Å²) in [6.07, 6.45) is 7.04. The van der Waals surface area contributed by atoms with E-state index < -0.39 is 0 Å². The summed E-state index contributed by atoms with van der Waals surface area (Å²) in [6, 6.07) is 53.1. The van der Waals surface area contributed by atoms with E-state index in [9.17, 15) is 0 Å². The highest BCUT2D eigenvalue weighted by Crippen LogP contribution is 2.57. The van der Waals surface area contributed by atoms with Crippen LogP contribution in [-0.2, 0) is 37.9 Å². The van der Waals surface area contributed by atoms with Crippen LogP contribution >= 0.6 is 11.3 Å². The molecule has 0 saturated heterocycles. The standard InChI is InChI=1S/C73H82BN3S/c1-45-37-53-56(72(13,14)35-33-69(53,7)8)43-60(45)77-59-30-27-46(67(2,3)4)38-58(59)74-64-61(40-50(41-62(64)77)75(47-23-19-17-20-24-47)48-25-21-18-22-26-48)76(49-28-29-52-54(39-49)70(9,10)32-31-68(52,5)6)65-51-42-55-57(44-63(51)78-66(65)74)73(15,16)36-34-71(55,11)12/h17-30,37-44H,31-36H2,1-16H3. The molecule has 0 saturated carbocycles. The van der Waals surface area contributed by atoms with Crippen LogP contribution in [0, 0.1) is 6.92 Å². The molecule has 0 radical (unpaired) electrons. The van der Waals surface area contributed by atoms with Gasteiger partial charge in [-0.3, -0.25) is 0 Å². The molecule has 3 aliphatic carbocycles. The Morgan fingerprint density at radius 3 is 1.49 bits per heavy atom. The highest BCUT2D eigenvalue weighted by Gasteiger charge is 2.49. The van der Waals surface area contributed by atoms with Crippen molar-refractivity contribution in [3.8, 4) is 0 Å². The quantitative estimate of drug-likeness (QED) is 0.159. The maximum absolute atomic E-state index is 2.77. The van der Waals surface area contributed by atoms with Gasteiger partial charge < -0.3 is 14.7 Å². The number of anilines is 9. The number of para-hydroxylation sites is 2. The lowest BCUT2D eigenvalue weighted by Gasteiger charge is -2.47. The molecule has 78 heavy (non-hydrogen) atoms. The van der Waals surface area contributed by atoms with Crippen molar-refractivity contribution in [2.45, 2.75) is 187 Å². The van der Waals surface area contributed by atoms with Gasteiger partial charge in [-0.25, -0.2) is 0 Å². The number of nitrogens with zero attached hydrogens (tertiary/aromatic N) is 3. The fraction of sp³-hybridized carbons (Fsp3) is 0.397. The van der Waals surface area contributed by atoms with Crippen LogP contribution in [0.3, 0.4) is 0 Å². The summed E-state index contributed by atoms with van der Waals surface area (Å²) in [5, 5.41) is 1.38. The first-order valence-electron chi connectivity index (χ1n) is 29.4. The van der Waals surface area contributed by atoms with Gasteiger partial charge in [0.1, 0.15) is 0 Å². The Balaban J connectivity index is 1.21. The molecule has 3 heterocycles. The molecular formula is C73H82BN3S. The number of hydrogen-bond acceptors (Lipinski definition) is 4. The third-order valence-electron chi connectivity index (χ3n) is 20.3. The Labute approximate surface area is 472 Å². The minimum atomic E-state index is -0.0559. The minimum absolute atomic E-state index is 0.0116. The Morgan fingerprint density at radius 2 is 0.936 bits per heavy atom. The van der Waals surface area contributed by atoms with Crippen molar-refractivity contribution >= 4 is 95.0 Å². The van der Waals surface area contributed by atoms with Crippen molar-refractivity contribution in [3.63, 3.8) is 0 Å². The number of aryl methyl sites for hydroxylation is 1. The normalized spacial score (nSPS) is 19.5. The van der Waals surface area contributed by atoms with Crippen molar-refractivity contribution in [1.82, 2.24) is 0 Å². The van der Waals surface area contributed by atoms with Crippen molar-refractivity contribution in [2.75, 3.05) is 14.7 Å². The molecule has 0 unspecified atom stereocenters. The van der Waals surface area contributed by atoms with E-state index in [4.69, 9.17) is 0 Å².